The number of amides is 2. The zero-order valence-corrected chi connectivity index (χ0v) is 14.0. The molecule has 0 spiro atoms. The van der Waals surface area contributed by atoms with Crippen molar-refractivity contribution in [3.05, 3.63) is 29.8 Å². The Balaban J connectivity index is 1.57. The summed E-state index contributed by atoms with van der Waals surface area (Å²) in [6.45, 7) is 4.29. The third-order valence-corrected chi connectivity index (χ3v) is 4.89. The Bertz CT molecular complexity index is 594. The van der Waals surface area contributed by atoms with Crippen molar-refractivity contribution in [2.75, 3.05) is 25.0 Å². The van der Waals surface area contributed by atoms with Crippen molar-refractivity contribution in [2.24, 2.45) is 5.92 Å². The first-order chi connectivity index (χ1) is 11.5. The van der Waals surface area contributed by atoms with Crippen LogP contribution in [0.1, 0.15) is 36.5 Å². The quantitative estimate of drug-likeness (QED) is 0.778. The van der Waals surface area contributed by atoms with Gasteiger partial charge in [-0.2, -0.15) is 0 Å². The Hall–Kier alpha value is -1.92. The number of hydrogen-bond donors (Lipinski definition) is 3. The number of rotatable bonds is 3. The lowest BCUT2D eigenvalue weighted by molar-refractivity contribution is -0.117. The van der Waals surface area contributed by atoms with Gasteiger partial charge in [-0.15, -0.1) is 0 Å². The molecule has 0 aromatic heterocycles. The Labute approximate surface area is 142 Å². The number of carbonyl (C=O) groups excluding carboxylic acids is 2. The average molecular weight is 331 g/mol. The van der Waals surface area contributed by atoms with Gasteiger partial charge < -0.3 is 20.6 Å². The van der Waals surface area contributed by atoms with Crippen LogP contribution in [0.4, 0.5) is 5.69 Å². The van der Waals surface area contributed by atoms with Crippen LogP contribution >= 0.6 is 0 Å². The third kappa shape index (κ3) is 3.94. The Morgan fingerprint density at radius 3 is 2.46 bits per heavy atom. The summed E-state index contributed by atoms with van der Waals surface area (Å²) < 4.78 is 0. The second kappa shape index (κ2) is 7.32. The second-order valence-corrected chi connectivity index (χ2v) is 6.89. The summed E-state index contributed by atoms with van der Waals surface area (Å²) in [5, 5.41) is 15.3. The normalized spacial score (nSPS) is 24.8. The number of carbonyl (C=O) groups is 2. The van der Waals surface area contributed by atoms with Gasteiger partial charge in [0, 0.05) is 30.9 Å². The molecule has 3 rings (SSSR count). The van der Waals surface area contributed by atoms with Gasteiger partial charge in [0.05, 0.1) is 12.1 Å². The van der Waals surface area contributed by atoms with Gasteiger partial charge in [-0.3, -0.25) is 9.59 Å². The van der Waals surface area contributed by atoms with Crippen molar-refractivity contribution >= 4 is 17.5 Å². The van der Waals surface area contributed by atoms with E-state index in [1.54, 1.807) is 24.3 Å². The minimum atomic E-state index is -0.465. The van der Waals surface area contributed by atoms with Crippen molar-refractivity contribution in [3.63, 3.8) is 0 Å². The zero-order chi connectivity index (χ0) is 17.1. The van der Waals surface area contributed by atoms with Crippen LogP contribution in [0.5, 0.6) is 0 Å². The van der Waals surface area contributed by atoms with Crippen LogP contribution in [0.15, 0.2) is 24.3 Å². The van der Waals surface area contributed by atoms with Gasteiger partial charge in [0.1, 0.15) is 0 Å². The summed E-state index contributed by atoms with van der Waals surface area (Å²) in [6, 6.07) is 6.66. The molecule has 3 N–H and O–H groups in total. The molecule has 6 nitrogen and oxygen atoms in total. The van der Waals surface area contributed by atoms with Gasteiger partial charge in [0.2, 0.25) is 5.91 Å². The van der Waals surface area contributed by atoms with E-state index in [2.05, 4.69) is 17.6 Å². The number of anilines is 1. The number of aliphatic hydroxyl groups is 1. The number of nitrogens with zero attached hydrogens (tertiary/aromatic N) is 1. The smallest absolute Gasteiger partial charge is 0.253 e. The van der Waals surface area contributed by atoms with Crippen LogP contribution in [-0.2, 0) is 4.79 Å². The van der Waals surface area contributed by atoms with E-state index >= 15 is 0 Å². The average Bonchev–Trinajstić information content (AvgIpc) is 3.02. The Morgan fingerprint density at radius 1 is 1.21 bits per heavy atom. The predicted molar refractivity (Wildman–Crippen MR) is 91.8 cm³/mol. The first-order valence-corrected chi connectivity index (χ1v) is 8.64. The highest BCUT2D eigenvalue weighted by Crippen LogP contribution is 2.19. The van der Waals surface area contributed by atoms with E-state index in [-0.39, 0.29) is 17.9 Å². The summed E-state index contributed by atoms with van der Waals surface area (Å²) in [4.78, 5) is 26.5. The predicted octanol–water partition coefficient (Wildman–Crippen LogP) is 1.22. The van der Waals surface area contributed by atoms with Gasteiger partial charge >= 0.3 is 0 Å². The molecule has 0 aliphatic carbocycles. The topological polar surface area (TPSA) is 81.7 Å². The fourth-order valence-corrected chi connectivity index (χ4v) is 3.24. The largest absolute Gasteiger partial charge is 0.392 e. The molecule has 0 saturated carbocycles. The molecule has 2 aliphatic rings. The minimum Gasteiger partial charge on any atom is -0.392 e. The number of nitrogens with one attached hydrogen (secondary N) is 2. The number of piperidine rings is 1. The maximum Gasteiger partial charge on any atom is 0.253 e. The Morgan fingerprint density at radius 2 is 1.88 bits per heavy atom. The van der Waals surface area contributed by atoms with Crippen molar-refractivity contribution in [1.82, 2.24) is 10.2 Å². The van der Waals surface area contributed by atoms with Crippen molar-refractivity contribution in [2.45, 2.75) is 38.3 Å². The van der Waals surface area contributed by atoms with Gasteiger partial charge in [-0.1, -0.05) is 6.92 Å². The third-order valence-electron chi connectivity index (χ3n) is 4.89. The fourth-order valence-electron chi connectivity index (χ4n) is 3.24. The highest BCUT2D eigenvalue weighted by Gasteiger charge is 2.28. The maximum atomic E-state index is 12.5. The maximum absolute atomic E-state index is 12.5. The van der Waals surface area contributed by atoms with Crippen LogP contribution in [-0.4, -0.2) is 53.6 Å². The highest BCUT2D eigenvalue weighted by molar-refractivity contribution is 5.97. The molecule has 6 heteroatoms. The van der Waals surface area contributed by atoms with E-state index in [1.165, 1.54) is 0 Å². The van der Waals surface area contributed by atoms with Crippen molar-refractivity contribution in [1.29, 1.82) is 0 Å². The van der Waals surface area contributed by atoms with Gasteiger partial charge in [-0.05, 0) is 49.4 Å². The van der Waals surface area contributed by atoms with E-state index in [1.807, 2.05) is 4.90 Å². The Kier molecular flexibility index (Phi) is 5.16. The van der Waals surface area contributed by atoms with E-state index < -0.39 is 6.10 Å². The van der Waals surface area contributed by atoms with Gasteiger partial charge in [-0.25, -0.2) is 0 Å². The zero-order valence-electron chi connectivity index (χ0n) is 14.0. The summed E-state index contributed by atoms with van der Waals surface area (Å²) in [5.41, 5.74) is 1.31. The summed E-state index contributed by atoms with van der Waals surface area (Å²) in [5.74, 6) is 0.588. The lowest BCUT2D eigenvalue weighted by atomic mass is 9.98. The molecule has 2 heterocycles. The van der Waals surface area contributed by atoms with E-state index in [0.29, 0.717) is 30.1 Å². The molecule has 2 atom stereocenters. The summed E-state index contributed by atoms with van der Waals surface area (Å²) in [7, 11) is 0. The molecular formula is C18H25N3O3. The molecule has 24 heavy (non-hydrogen) atoms. The van der Waals surface area contributed by atoms with E-state index in [0.717, 1.165) is 25.9 Å². The molecule has 2 aliphatic heterocycles. The highest BCUT2D eigenvalue weighted by atomic mass is 16.3. The molecule has 0 bridgehead atoms. The molecule has 2 fully saturated rings. The number of benzene rings is 1. The first kappa shape index (κ1) is 16.9. The van der Waals surface area contributed by atoms with Gasteiger partial charge in [0.15, 0.2) is 0 Å². The first-order valence-electron chi connectivity index (χ1n) is 8.64. The van der Waals surface area contributed by atoms with Gasteiger partial charge in [0.25, 0.3) is 5.91 Å². The van der Waals surface area contributed by atoms with Crippen LogP contribution in [0.2, 0.25) is 0 Å². The molecule has 1 aromatic rings. The van der Waals surface area contributed by atoms with Crippen molar-refractivity contribution in [3.8, 4) is 0 Å². The SMILES string of the molecule is CC1CCN(C(=O)c2ccc(NC(=O)C3CC(O)CN3)cc2)CC1. The summed E-state index contributed by atoms with van der Waals surface area (Å²) >= 11 is 0. The second-order valence-electron chi connectivity index (χ2n) is 6.89. The number of aliphatic hydroxyl groups excluding tert-OH is 1. The van der Waals surface area contributed by atoms with Crippen molar-refractivity contribution < 1.29 is 14.7 Å². The minimum absolute atomic E-state index is 0.0559. The lowest BCUT2D eigenvalue weighted by Gasteiger charge is -2.30. The van der Waals surface area contributed by atoms with Crippen LogP contribution in [0.25, 0.3) is 0 Å². The molecule has 2 unspecified atom stereocenters. The number of likely N-dealkylation sites (tertiary alicyclic amines) is 1. The fraction of sp³-hybridized carbons (Fsp3) is 0.556. The monoisotopic (exact) mass is 331 g/mol. The standard InChI is InChI=1S/C18H25N3O3/c1-12-6-8-21(9-7-12)18(24)13-2-4-14(5-3-13)20-17(23)16-10-15(22)11-19-16/h2-5,12,15-16,19,22H,6-11H2,1H3,(H,20,23). The van der Waals surface area contributed by atoms with E-state index in [9.17, 15) is 14.7 Å². The number of hydrogen-bond acceptors (Lipinski definition) is 4. The van der Waals surface area contributed by atoms with Crippen LogP contribution < -0.4 is 10.6 Å². The lowest BCUT2D eigenvalue weighted by Crippen LogP contribution is -2.38. The summed E-state index contributed by atoms with van der Waals surface area (Å²) in [6.07, 6.45) is 2.07. The number of β-amino-alcohol motifs (C(OH)–C–C–N with tert-alkyl or cyclic N) is 1. The molecule has 1 aromatic carbocycles. The molecular weight excluding hydrogens is 306 g/mol. The molecule has 0 radical (unpaired) electrons. The van der Waals surface area contributed by atoms with Crippen LogP contribution in [0, 0.1) is 5.92 Å². The van der Waals surface area contributed by atoms with E-state index in [4.69, 9.17) is 0 Å². The molecule has 130 valence electrons. The molecule has 2 saturated heterocycles. The van der Waals surface area contributed by atoms with Crippen LogP contribution in [0.3, 0.4) is 0 Å². The molecule has 2 amide bonds.